The van der Waals surface area contributed by atoms with E-state index in [0.29, 0.717) is 38.0 Å². The van der Waals surface area contributed by atoms with E-state index in [1.807, 2.05) is 55.7 Å². The van der Waals surface area contributed by atoms with Crippen LogP contribution >= 0.6 is 23.2 Å². The first kappa shape index (κ1) is 29.3. The van der Waals surface area contributed by atoms with Gasteiger partial charge in [0, 0.05) is 38.7 Å². The van der Waals surface area contributed by atoms with Gasteiger partial charge < -0.3 is 14.9 Å². The van der Waals surface area contributed by atoms with Gasteiger partial charge in [-0.05, 0) is 68.0 Å². The van der Waals surface area contributed by atoms with E-state index in [1.165, 1.54) is 0 Å². The summed E-state index contributed by atoms with van der Waals surface area (Å²) in [5.74, 6) is -0.253. The number of fused-ring (bicyclic) bond motifs is 1. The minimum Gasteiger partial charge on any atom is -0.407 e. The van der Waals surface area contributed by atoms with Crippen LogP contribution in [0.25, 0.3) is 0 Å². The predicted octanol–water partition coefficient (Wildman–Crippen LogP) is 1.10. The van der Waals surface area contributed by atoms with Crippen LogP contribution < -0.4 is 0 Å². The molecule has 1 aliphatic heterocycles. The van der Waals surface area contributed by atoms with Crippen LogP contribution in [0.3, 0.4) is 0 Å². The summed E-state index contributed by atoms with van der Waals surface area (Å²) in [6, 6.07) is 16.3. The largest absolute Gasteiger partial charge is 0.407 e. The Morgan fingerprint density at radius 2 is 1.60 bits per heavy atom. The summed E-state index contributed by atoms with van der Waals surface area (Å²) >= 11 is 12.4. The second kappa shape index (κ2) is 9.67. The van der Waals surface area contributed by atoms with E-state index in [2.05, 4.69) is 4.98 Å². The van der Waals surface area contributed by atoms with Crippen LogP contribution in [0.15, 0.2) is 60.8 Å². The van der Waals surface area contributed by atoms with Crippen LogP contribution in [-0.2, 0) is 22.6 Å². The number of nitrogens with zero attached hydrogens (tertiary/aromatic N) is 2. The summed E-state index contributed by atoms with van der Waals surface area (Å²) in [6.45, 7) is 3.52. The van der Waals surface area contributed by atoms with E-state index in [4.69, 9.17) is 27.9 Å². The zero-order valence-electron chi connectivity index (χ0n) is 23.8. The molecule has 3 aromatic rings. The number of hydrogen-bond acceptors (Lipinski definition) is 5. The molecule has 5 rings (SSSR count). The average molecular weight is 575 g/mol. The lowest BCUT2D eigenvalue weighted by atomic mass is 9.43. The van der Waals surface area contributed by atoms with Crippen LogP contribution in [0.5, 0.6) is 0 Å². The highest BCUT2D eigenvalue weighted by Crippen LogP contribution is 2.61. The molecule has 1 saturated carbocycles. The molecule has 1 fully saturated rings. The molecule has 0 saturated heterocycles. The van der Waals surface area contributed by atoms with Crippen molar-refractivity contribution in [1.29, 1.82) is 0 Å². The second-order valence-corrected chi connectivity index (χ2v) is 13.5. The Labute approximate surface area is 249 Å². The van der Waals surface area contributed by atoms with Crippen molar-refractivity contribution < 1.29 is 19.7 Å². The molecular weight excluding hydrogens is 542 g/mol. The number of aliphatic hydroxyl groups is 2. The van der Waals surface area contributed by atoms with Gasteiger partial charge in [0.1, 0.15) is 31.4 Å². The number of halogens is 2. The van der Waals surface area contributed by atoms with E-state index < -0.39 is 27.5 Å². The van der Waals surface area contributed by atoms with Gasteiger partial charge in [0.25, 0.3) is 5.91 Å². The molecule has 6 nitrogen and oxygen atoms in total. The lowest BCUT2D eigenvalue weighted by Crippen LogP contribution is -2.62. The molecule has 2 aliphatic rings. The van der Waals surface area contributed by atoms with Crippen molar-refractivity contribution in [3.63, 3.8) is 0 Å². The fourth-order valence-electron chi connectivity index (χ4n) is 6.37. The molecule has 2 N–H and O–H groups in total. The third-order valence-electron chi connectivity index (χ3n) is 8.77. The van der Waals surface area contributed by atoms with Gasteiger partial charge in [-0.3, -0.25) is 14.7 Å². The number of ether oxygens (including phenoxy) is 1. The van der Waals surface area contributed by atoms with Crippen molar-refractivity contribution in [2.45, 2.75) is 55.4 Å². The number of benzene rings is 2. The van der Waals surface area contributed by atoms with Crippen LogP contribution in [0, 0.1) is 5.41 Å². The highest BCUT2D eigenvalue weighted by Gasteiger charge is 2.66. The van der Waals surface area contributed by atoms with Crippen LogP contribution in [0.1, 0.15) is 59.4 Å². The molecule has 2 heterocycles. The smallest absolute Gasteiger partial charge is 0.257 e. The van der Waals surface area contributed by atoms with Crippen molar-refractivity contribution in [2.75, 3.05) is 0 Å². The van der Waals surface area contributed by atoms with E-state index in [0.717, 1.165) is 12.8 Å². The number of pyridine rings is 1. The van der Waals surface area contributed by atoms with Gasteiger partial charge in [0.2, 0.25) is 0 Å². The van der Waals surface area contributed by atoms with Crippen molar-refractivity contribution in [3.8, 4) is 0 Å². The molecule has 1 aromatic heterocycles. The maximum Gasteiger partial charge on any atom is 0.257 e. The molecule has 0 bridgehead atoms. The molecule has 1 amide bonds. The molecule has 0 spiro atoms. The predicted molar refractivity (Wildman–Crippen MR) is 168 cm³/mol. The fourth-order valence-corrected chi connectivity index (χ4v) is 6.61. The Bertz CT molecular complexity index is 1450. The number of rotatable bonds is 8. The number of aromatic nitrogens is 1. The summed E-state index contributed by atoms with van der Waals surface area (Å²) in [5, 5.41) is 21.2. The lowest BCUT2D eigenvalue weighted by molar-refractivity contribution is -0.168. The topological polar surface area (TPSA) is 82.9 Å². The summed E-state index contributed by atoms with van der Waals surface area (Å²) in [4.78, 5) is 20.6. The van der Waals surface area contributed by atoms with Gasteiger partial charge >= 0.3 is 0 Å². The van der Waals surface area contributed by atoms with Crippen LogP contribution in [0.2, 0.25) is 10.0 Å². The average Bonchev–Trinajstić information content (AvgIpc) is 3.67. The molecule has 1 atom stereocenters. The van der Waals surface area contributed by atoms with Crippen molar-refractivity contribution in [2.24, 2.45) is 5.41 Å². The minimum absolute atomic E-state index is 0.136. The highest BCUT2D eigenvalue weighted by molar-refractivity contribution is 6.45. The summed E-state index contributed by atoms with van der Waals surface area (Å²) in [7, 11) is 7.61. The zero-order valence-corrected chi connectivity index (χ0v) is 25.3. The third-order valence-corrected chi connectivity index (χ3v) is 9.24. The molecule has 40 heavy (non-hydrogen) atoms. The monoisotopic (exact) mass is 574 g/mol. The summed E-state index contributed by atoms with van der Waals surface area (Å²) in [6.07, 6.45) is 3.13. The van der Waals surface area contributed by atoms with Crippen LogP contribution in [-0.4, -0.2) is 68.2 Å². The number of carbonyl (C=O) groups excluding carboxylic acids is 1. The van der Waals surface area contributed by atoms with E-state index in [9.17, 15) is 15.0 Å². The molecule has 0 radical (unpaired) electrons. The van der Waals surface area contributed by atoms with Gasteiger partial charge in [-0.2, -0.15) is 0 Å². The molecular formula is C28H32B4Cl2N2O4. The van der Waals surface area contributed by atoms with Gasteiger partial charge in [-0.25, -0.2) is 0 Å². The Kier molecular flexibility index (Phi) is 7.08. The number of hydrogen-bond donors (Lipinski definition) is 2. The summed E-state index contributed by atoms with van der Waals surface area (Å²) in [5.41, 5.74) is 0.00993. The SMILES string of the molecule is BC(B)(O)C1(C(B)(B)O[C@]2(c3ccc(Cl)cc3)c3ccc(C(C)(C)O)cc3C(=O)N2Cc2ccc(Cl)cn2)CC1. The van der Waals surface area contributed by atoms with Crippen molar-refractivity contribution >= 4 is 60.5 Å². The Morgan fingerprint density at radius 1 is 0.975 bits per heavy atom. The lowest BCUT2D eigenvalue weighted by Gasteiger charge is -2.51. The normalized spacial score (nSPS) is 20.4. The first-order valence-electron chi connectivity index (χ1n) is 13.5. The maximum atomic E-state index is 14.4. The molecule has 2 aromatic carbocycles. The highest BCUT2D eigenvalue weighted by atomic mass is 35.5. The fraction of sp³-hybridized carbons (Fsp3) is 0.357. The second-order valence-electron chi connectivity index (χ2n) is 12.6. The first-order chi connectivity index (χ1) is 18.5. The molecule has 1 aliphatic carbocycles. The molecule has 12 heteroatoms. The Balaban J connectivity index is 1.77. The summed E-state index contributed by atoms with van der Waals surface area (Å²) < 4.78 is 7.28. The first-order valence-corrected chi connectivity index (χ1v) is 14.3. The van der Waals surface area contributed by atoms with Gasteiger partial charge in [0.15, 0.2) is 5.72 Å². The molecule has 204 valence electrons. The van der Waals surface area contributed by atoms with Crippen molar-refractivity contribution in [3.05, 3.63) is 98.8 Å². The molecule has 0 unspecified atom stereocenters. The van der Waals surface area contributed by atoms with Gasteiger partial charge in [-0.15, -0.1) is 0 Å². The van der Waals surface area contributed by atoms with E-state index in [-0.39, 0.29) is 12.5 Å². The van der Waals surface area contributed by atoms with Crippen molar-refractivity contribution in [1.82, 2.24) is 9.88 Å². The van der Waals surface area contributed by atoms with Gasteiger partial charge in [-0.1, -0.05) is 47.5 Å². The number of amides is 1. The minimum atomic E-state index is -1.37. The van der Waals surface area contributed by atoms with Crippen LogP contribution in [0.4, 0.5) is 0 Å². The maximum absolute atomic E-state index is 14.4. The van der Waals surface area contributed by atoms with E-state index >= 15 is 0 Å². The third kappa shape index (κ3) is 4.72. The van der Waals surface area contributed by atoms with Gasteiger partial charge in [0.05, 0.1) is 22.9 Å². The van der Waals surface area contributed by atoms with E-state index in [1.54, 1.807) is 55.3 Å². The number of carbonyl (C=O) groups is 1. The quantitative estimate of drug-likeness (QED) is 0.394. The zero-order chi connectivity index (χ0) is 29.3. The standard InChI is InChI=1S/C28H32B4Cl2N2O4/c1-24(2,38)17-5-10-22-21(13-17)23(37)36(15-20-9-8-19(34)14-35-20)26(22,16-3-6-18(33)7-4-16)40-28(31,32)25(11-12-25)27(29,30)39/h3-10,13-14,38-39H,11-12,15,29-32H2,1-2H3/t26-/m1/s1. The Morgan fingerprint density at radius 3 is 2.12 bits per heavy atom. The Hall–Kier alpha value is -2.22.